The van der Waals surface area contributed by atoms with Gasteiger partial charge >= 0.3 is 0 Å². The van der Waals surface area contributed by atoms with Crippen molar-refractivity contribution in [3.63, 3.8) is 0 Å². The van der Waals surface area contributed by atoms with Crippen molar-refractivity contribution >= 4 is 5.84 Å². The minimum Gasteiger partial charge on any atom is -0.387 e. The second-order valence-electron chi connectivity index (χ2n) is 1.45. The fraction of sp³-hybridized carbons (Fsp3) is 0.400. The van der Waals surface area contributed by atoms with E-state index in [1.165, 1.54) is 0 Å². The molecule has 0 aromatic carbocycles. The van der Waals surface area contributed by atoms with Crippen molar-refractivity contribution in [2.75, 3.05) is 7.05 Å². The fourth-order valence-corrected chi connectivity index (χ4v) is 0.269. The molecule has 0 aliphatic carbocycles. The van der Waals surface area contributed by atoms with E-state index in [0.29, 0.717) is 11.7 Å². The highest BCUT2D eigenvalue weighted by molar-refractivity contribution is 5.78. The summed E-state index contributed by atoms with van der Waals surface area (Å²) in [6, 6.07) is 0. The number of nitrogens with two attached hydrogens (primary N) is 1. The van der Waals surface area contributed by atoms with E-state index in [0.717, 1.165) is 0 Å². The van der Waals surface area contributed by atoms with E-state index < -0.39 is 0 Å². The number of rotatable bonds is 2. The highest BCUT2D eigenvalue weighted by Gasteiger charge is 1.80. The lowest BCUT2D eigenvalue weighted by atomic mass is 10.7. The van der Waals surface area contributed by atoms with Gasteiger partial charge in [-0.1, -0.05) is 6.58 Å². The van der Waals surface area contributed by atoms with Crippen LogP contribution >= 0.6 is 0 Å². The van der Waals surface area contributed by atoms with Gasteiger partial charge in [0.15, 0.2) is 0 Å². The zero-order valence-electron chi connectivity index (χ0n) is 5.23. The third-order valence-electron chi connectivity index (χ3n) is 0.600. The smallest absolute Gasteiger partial charge is 0.120 e. The van der Waals surface area contributed by atoms with Gasteiger partial charge in [-0.2, -0.15) is 0 Å². The molecular formula is C5H11N3. The molecule has 3 N–H and O–H groups in total. The first-order valence-corrected chi connectivity index (χ1v) is 2.34. The summed E-state index contributed by atoms with van der Waals surface area (Å²) in [5, 5.41) is 2.73. The molecule has 0 bridgehead atoms. The summed E-state index contributed by atoms with van der Waals surface area (Å²) in [5.74, 6) is 1.11. The second kappa shape index (κ2) is 3.07. The van der Waals surface area contributed by atoms with Gasteiger partial charge < -0.3 is 11.1 Å². The lowest BCUT2D eigenvalue weighted by Gasteiger charge is -1.95. The van der Waals surface area contributed by atoms with Crippen LogP contribution in [0.1, 0.15) is 6.92 Å². The highest BCUT2D eigenvalue weighted by atomic mass is 15.0. The van der Waals surface area contributed by atoms with Crippen LogP contribution in [0.25, 0.3) is 0 Å². The van der Waals surface area contributed by atoms with Crippen LogP contribution < -0.4 is 11.1 Å². The van der Waals surface area contributed by atoms with Gasteiger partial charge in [0.1, 0.15) is 5.82 Å². The van der Waals surface area contributed by atoms with Gasteiger partial charge in [0.25, 0.3) is 0 Å². The van der Waals surface area contributed by atoms with Crippen molar-refractivity contribution in [3.8, 4) is 0 Å². The summed E-state index contributed by atoms with van der Waals surface area (Å²) in [6.45, 7) is 5.25. The van der Waals surface area contributed by atoms with E-state index in [1.807, 2.05) is 0 Å². The fourth-order valence-electron chi connectivity index (χ4n) is 0.269. The number of hydrogen-bond donors (Lipinski definition) is 2. The maximum Gasteiger partial charge on any atom is 0.120 e. The molecule has 0 aliphatic heterocycles. The topological polar surface area (TPSA) is 50.4 Å². The van der Waals surface area contributed by atoms with Crippen molar-refractivity contribution < 1.29 is 0 Å². The molecule has 0 saturated carbocycles. The van der Waals surface area contributed by atoms with Gasteiger partial charge in [-0.3, -0.25) is 0 Å². The van der Waals surface area contributed by atoms with E-state index >= 15 is 0 Å². The average molecular weight is 113 g/mol. The first kappa shape index (κ1) is 7.01. The van der Waals surface area contributed by atoms with E-state index in [9.17, 15) is 0 Å². The lowest BCUT2D eigenvalue weighted by molar-refractivity contribution is 0.971. The lowest BCUT2D eigenvalue weighted by Crippen LogP contribution is -2.10. The Morgan fingerprint density at radius 3 is 2.38 bits per heavy atom. The molecule has 0 radical (unpaired) electrons. The minimum atomic E-state index is 0.518. The molecule has 0 heterocycles. The predicted molar refractivity (Wildman–Crippen MR) is 35.5 cm³/mol. The Hall–Kier alpha value is -0.990. The van der Waals surface area contributed by atoms with Crippen LogP contribution in [0.5, 0.6) is 0 Å². The molecule has 0 amide bonds. The Morgan fingerprint density at radius 1 is 1.75 bits per heavy atom. The van der Waals surface area contributed by atoms with Crippen molar-refractivity contribution in [1.29, 1.82) is 0 Å². The Kier molecular flexibility index (Phi) is 2.69. The Morgan fingerprint density at radius 2 is 2.25 bits per heavy atom. The molecule has 0 rings (SSSR count). The zero-order chi connectivity index (χ0) is 6.57. The van der Waals surface area contributed by atoms with Crippen molar-refractivity contribution in [1.82, 2.24) is 5.32 Å². The molecule has 0 aromatic heterocycles. The Bertz CT molecular complexity index is 111. The molecule has 3 heteroatoms. The molecule has 0 saturated heterocycles. The second-order valence-corrected chi connectivity index (χ2v) is 1.45. The van der Waals surface area contributed by atoms with Gasteiger partial charge in [0, 0.05) is 7.05 Å². The van der Waals surface area contributed by atoms with Gasteiger partial charge in [0.2, 0.25) is 0 Å². The molecule has 0 aromatic rings. The number of hydrogen-bond acceptors (Lipinski definition) is 2. The highest BCUT2D eigenvalue weighted by Crippen LogP contribution is 1.81. The minimum absolute atomic E-state index is 0.518. The number of amidine groups is 1. The average Bonchev–Trinajstić information content (AvgIpc) is 1.65. The summed E-state index contributed by atoms with van der Waals surface area (Å²) >= 11 is 0. The van der Waals surface area contributed by atoms with Gasteiger partial charge in [-0.25, -0.2) is 4.99 Å². The Labute approximate surface area is 49.3 Å². The first-order valence-electron chi connectivity index (χ1n) is 2.34. The maximum atomic E-state index is 5.22. The molecule has 0 spiro atoms. The standard InChI is InChI=1S/C5H11N3/c1-4(6)8-5(2)7-3/h7H,2H2,1,3H3,(H2,6,8). The van der Waals surface area contributed by atoms with Crippen LogP contribution in [-0.4, -0.2) is 12.9 Å². The van der Waals surface area contributed by atoms with Crippen molar-refractivity contribution in [2.45, 2.75) is 6.92 Å². The number of nitrogens with one attached hydrogen (secondary N) is 1. The summed E-state index contributed by atoms with van der Waals surface area (Å²) in [6.07, 6.45) is 0. The number of aliphatic imine (C=N–C) groups is 1. The van der Waals surface area contributed by atoms with E-state index in [-0.39, 0.29) is 0 Å². The third-order valence-corrected chi connectivity index (χ3v) is 0.600. The van der Waals surface area contributed by atoms with Crippen LogP contribution in [0.4, 0.5) is 0 Å². The van der Waals surface area contributed by atoms with E-state index in [2.05, 4.69) is 16.9 Å². The largest absolute Gasteiger partial charge is 0.387 e. The van der Waals surface area contributed by atoms with Gasteiger partial charge in [0.05, 0.1) is 5.84 Å². The quantitative estimate of drug-likeness (QED) is 0.393. The summed E-state index contributed by atoms with van der Waals surface area (Å²) in [7, 11) is 1.74. The first-order chi connectivity index (χ1) is 3.66. The van der Waals surface area contributed by atoms with Crippen molar-refractivity contribution in [3.05, 3.63) is 12.4 Å². The molecular weight excluding hydrogens is 102 g/mol. The molecule has 0 atom stereocenters. The van der Waals surface area contributed by atoms with Crippen LogP contribution in [0.15, 0.2) is 17.4 Å². The molecule has 3 nitrogen and oxygen atoms in total. The third kappa shape index (κ3) is 3.21. The maximum absolute atomic E-state index is 5.22. The molecule has 46 valence electrons. The molecule has 0 fully saturated rings. The molecule has 8 heavy (non-hydrogen) atoms. The molecule has 0 unspecified atom stereocenters. The normalized spacial score (nSPS) is 11.0. The van der Waals surface area contributed by atoms with E-state index in [1.54, 1.807) is 14.0 Å². The van der Waals surface area contributed by atoms with Gasteiger partial charge in [-0.05, 0) is 6.92 Å². The SMILES string of the molecule is C=C(/N=C(\C)N)NC. The monoisotopic (exact) mass is 113 g/mol. The Balaban J connectivity index is 3.70. The summed E-state index contributed by atoms with van der Waals surface area (Å²) in [5.41, 5.74) is 5.22. The molecule has 0 aliphatic rings. The summed E-state index contributed by atoms with van der Waals surface area (Å²) < 4.78 is 0. The van der Waals surface area contributed by atoms with E-state index in [4.69, 9.17) is 5.73 Å². The predicted octanol–water partition coefficient (Wildman–Crippen LogP) is 0.0541. The van der Waals surface area contributed by atoms with Crippen LogP contribution in [0, 0.1) is 0 Å². The van der Waals surface area contributed by atoms with Crippen LogP contribution in [-0.2, 0) is 0 Å². The van der Waals surface area contributed by atoms with Gasteiger partial charge in [-0.15, -0.1) is 0 Å². The van der Waals surface area contributed by atoms with Crippen LogP contribution in [0.3, 0.4) is 0 Å². The number of nitrogens with zero attached hydrogens (tertiary/aromatic N) is 1. The van der Waals surface area contributed by atoms with Crippen molar-refractivity contribution in [2.24, 2.45) is 10.7 Å². The van der Waals surface area contributed by atoms with Crippen LogP contribution in [0.2, 0.25) is 0 Å². The zero-order valence-corrected chi connectivity index (χ0v) is 5.23. The summed E-state index contributed by atoms with van der Waals surface area (Å²) in [4.78, 5) is 3.78.